The number of piperazine rings is 1. The molecule has 12 heteroatoms. The predicted octanol–water partition coefficient (Wildman–Crippen LogP) is 0.751. The second-order valence-electron chi connectivity index (χ2n) is 6.66. The van der Waals surface area contributed by atoms with E-state index in [2.05, 4.69) is 20.5 Å². The zero-order valence-electron chi connectivity index (χ0n) is 15.8. The van der Waals surface area contributed by atoms with Crippen LogP contribution in [0.2, 0.25) is 0 Å². The van der Waals surface area contributed by atoms with E-state index >= 15 is 0 Å². The fraction of sp³-hybridized carbons (Fsp3) is 0.353. The standard InChI is InChI=1S/C17H22N6O4S2/c1-22-6-8-23(9-7-22)17(25)21-16-20-13(11-28-16)10-15(24)19-12-2-4-14(5-3-12)29(18,26)27/h2-5,11H,6-10H2,1H3,(H,19,24)(H2,18,26,27)(H,20,21,25). The number of rotatable bonds is 5. The highest BCUT2D eigenvalue weighted by atomic mass is 32.2. The maximum Gasteiger partial charge on any atom is 0.323 e. The van der Waals surface area contributed by atoms with Crippen molar-refractivity contribution in [2.24, 2.45) is 5.14 Å². The Morgan fingerprint density at radius 2 is 1.79 bits per heavy atom. The third-order valence-electron chi connectivity index (χ3n) is 4.36. The van der Waals surface area contributed by atoms with Crippen molar-refractivity contribution in [3.63, 3.8) is 0 Å². The first-order valence-electron chi connectivity index (χ1n) is 8.82. The Kier molecular flexibility index (Phi) is 6.47. The third kappa shape index (κ3) is 5.97. The molecule has 1 fully saturated rings. The molecule has 0 radical (unpaired) electrons. The van der Waals surface area contributed by atoms with Gasteiger partial charge in [0.1, 0.15) is 0 Å². The molecular weight excluding hydrogens is 416 g/mol. The Morgan fingerprint density at radius 3 is 2.41 bits per heavy atom. The van der Waals surface area contributed by atoms with Crippen molar-refractivity contribution in [2.45, 2.75) is 11.3 Å². The number of primary sulfonamides is 1. The number of nitrogens with zero attached hydrogens (tertiary/aromatic N) is 3. The number of likely N-dealkylation sites (N-methyl/N-ethyl adjacent to an activating group) is 1. The van der Waals surface area contributed by atoms with Gasteiger partial charge in [-0.25, -0.2) is 23.3 Å². The number of nitrogens with one attached hydrogen (secondary N) is 2. The molecule has 29 heavy (non-hydrogen) atoms. The summed E-state index contributed by atoms with van der Waals surface area (Å²) in [5, 5.41) is 12.6. The molecule has 1 aliphatic rings. The minimum absolute atomic E-state index is 0.0256. The average molecular weight is 439 g/mol. The Hall–Kier alpha value is -2.54. The molecule has 2 heterocycles. The minimum atomic E-state index is -3.78. The van der Waals surface area contributed by atoms with E-state index in [0.29, 0.717) is 29.6 Å². The molecule has 1 aliphatic heterocycles. The first kappa shape index (κ1) is 21.2. The number of carbonyl (C=O) groups excluding carboxylic acids is 2. The number of benzene rings is 1. The third-order valence-corrected chi connectivity index (χ3v) is 6.10. The molecule has 0 atom stereocenters. The summed E-state index contributed by atoms with van der Waals surface area (Å²) in [6.07, 6.45) is 0.0256. The number of hydrogen-bond acceptors (Lipinski definition) is 7. The number of amides is 3. The van der Waals surface area contributed by atoms with Crippen LogP contribution in [0.4, 0.5) is 15.6 Å². The lowest BCUT2D eigenvalue weighted by Gasteiger charge is -2.32. The van der Waals surface area contributed by atoms with E-state index in [9.17, 15) is 18.0 Å². The summed E-state index contributed by atoms with van der Waals surface area (Å²) in [5.74, 6) is -0.310. The highest BCUT2D eigenvalue weighted by Crippen LogP contribution is 2.18. The Balaban J connectivity index is 1.51. The topological polar surface area (TPSA) is 138 Å². The second kappa shape index (κ2) is 8.86. The van der Waals surface area contributed by atoms with Crippen LogP contribution < -0.4 is 15.8 Å². The van der Waals surface area contributed by atoms with Crippen LogP contribution in [-0.4, -0.2) is 68.4 Å². The molecule has 1 saturated heterocycles. The van der Waals surface area contributed by atoms with Crippen LogP contribution in [0.1, 0.15) is 5.69 Å². The molecule has 3 rings (SSSR count). The highest BCUT2D eigenvalue weighted by Gasteiger charge is 2.20. The van der Waals surface area contributed by atoms with E-state index in [-0.39, 0.29) is 23.3 Å². The van der Waals surface area contributed by atoms with Crippen LogP contribution in [0.3, 0.4) is 0 Å². The molecule has 156 valence electrons. The molecule has 0 saturated carbocycles. The molecular formula is C17H22N6O4S2. The minimum Gasteiger partial charge on any atom is -0.326 e. The van der Waals surface area contributed by atoms with Crippen molar-refractivity contribution in [3.8, 4) is 0 Å². The lowest BCUT2D eigenvalue weighted by atomic mass is 10.3. The van der Waals surface area contributed by atoms with Gasteiger partial charge in [-0.2, -0.15) is 0 Å². The maximum absolute atomic E-state index is 12.3. The van der Waals surface area contributed by atoms with Gasteiger partial charge in [0.15, 0.2) is 5.13 Å². The van der Waals surface area contributed by atoms with Crippen LogP contribution in [-0.2, 0) is 21.2 Å². The van der Waals surface area contributed by atoms with Crippen molar-refractivity contribution >= 4 is 44.1 Å². The molecule has 1 aromatic carbocycles. The highest BCUT2D eigenvalue weighted by molar-refractivity contribution is 7.89. The van der Waals surface area contributed by atoms with Gasteiger partial charge in [-0.15, -0.1) is 11.3 Å². The summed E-state index contributed by atoms with van der Waals surface area (Å²) < 4.78 is 22.5. The van der Waals surface area contributed by atoms with Gasteiger partial charge >= 0.3 is 6.03 Å². The zero-order chi connectivity index (χ0) is 21.0. The van der Waals surface area contributed by atoms with Crippen molar-refractivity contribution < 1.29 is 18.0 Å². The second-order valence-corrected chi connectivity index (χ2v) is 9.08. The summed E-state index contributed by atoms with van der Waals surface area (Å²) in [4.78, 5) is 32.6. The monoisotopic (exact) mass is 438 g/mol. The molecule has 1 aromatic heterocycles. The van der Waals surface area contributed by atoms with Crippen molar-refractivity contribution in [2.75, 3.05) is 43.9 Å². The first-order chi connectivity index (χ1) is 13.7. The van der Waals surface area contributed by atoms with E-state index in [1.54, 1.807) is 10.3 Å². The Bertz CT molecular complexity index is 982. The normalized spacial score (nSPS) is 15.2. The molecule has 3 amide bonds. The van der Waals surface area contributed by atoms with Gasteiger partial charge in [0.25, 0.3) is 0 Å². The molecule has 0 spiro atoms. The summed E-state index contributed by atoms with van der Waals surface area (Å²) in [6, 6.07) is 5.36. The van der Waals surface area contributed by atoms with Gasteiger partial charge in [0.05, 0.1) is 17.0 Å². The SMILES string of the molecule is CN1CCN(C(=O)Nc2nc(CC(=O)Nc3ccc(S(N)(=O)=O)cc3)cs2)CC1. The fourth-order valence-corrected chi connectivity index (χ4v) is 3.94. The van der Waals surface area contributed by atoms with Crippen LogP contribution in [0.25, 0.3) is 0 Å². The number of carbonyl (C=O) groups is 2. The van der Waals surface area contributed by atoms with E-state index in [0.717, 1.165) is 13.1 Å². The lowest BCUT2D eigenvalue weighted by Crippen LogP contribution is -2.48. The van der Waals surface area contributed by atoms with Gasteiger partial charge in [0, 0.05) is 37.2 Å². The van der Waals surface area contributed by atoms with Crippen LogP contribution in [0.5, 0.6) is 0 Å². The molecule has 0 unspecified atom stereocenters. The first-order valence-corrected chi connectivity index (χ1v) is 11.2. The zero-order valence-corrected chi connectivity index (χ0v) is 17.4. The quantitative estimate of drug-likeness (QED) is 0.630. The number of thiazole rings is 1. The smallest absolute Gasteiger partial charge is 0.323 e. The Labute approximate surface area is 172 Å². The van der Waals surface area contributed by atoms with Crippen molar-refractivity contribution in [1.29, 1.82) is 0 Å². The summed E-state index contributed by atoms with van der Waals surface area (Å²) in [6.45, 7) is 2.98. The maximum atomic E-state index is 12.3. The lowest BCUT2D eigenvalue weighted by molar-refractivity contribution is -0.115. The van der Waals surface area contributed by atoms with E-state index in [1.807, 2.05) is 7.05 Å². The molecule has 4 N–H and O–H groups in total. The molecule has 0 bridgehead atoms. The molecule has 10 nitrogen and oxygen atoms in total. The van der Waals surface area contributed by atoms with E-state index in [4.69, 9.17) is 5.14 Å². The number of aromatic nitrogens is 1. The largest absolute Gasteiger partial charge is 0.326 e. The average Bonchev–Trinajstić information content (AvgIpc) is 3.08. The van der Waals surface area contributed by atoms with Gasteiger partial charge < -0.3 is 15.1 Å². The molecule has 0 aliphatic carbocycles. The Morgan fingerprint density at radius 1 is 1.14 bits per heavy atom. The fourth-order valence-electron chi connectivity index (χ4n) is 2.72. The van der Waals surface area contributed by atoms with E-state index in [1.165, 1.54) is 35.6 Å². The van der Waals surface area contributed by atoms with Gasteiger partial charge in [0.2, 0.25) is 15.9 Å². The van der Waals surface area contributed by atoms with Crippen LogP contribution in [0.15, 0.2) is 34.5 Å². The number of urea groups is 1. The number of sulfonamides is 1. The van der Waals surface area contributed by atoms with Crippen LogP contribution in [0, 0.1) is 0 Å². The van der Waals surface area contributed by atoms with Gasteiger partial charge in [-0.05, 0) is 31.3 Å². The van der Waals surface area contributed by atoms with Crippen molar-refractivity contribution in [1.82, 2.24) is 14.8 Å². The summed E-state index contributed by atoms with van der Waals surface area (Å²) in [5.41, 5.74) is 0.976. The van der Waals surface area contributed by atoms with Gasteiger partial charge in [-0.1, -0.05) is 0 Å². The number of nitrogens with two attached hydrogens (primary N) is 1. The summed E-state index contributed by atoms with van der Waals surface area (Å²) >= 11 is 1.25. The van der Waals surface area contributed by atoms with Crippen molar-refractivity contribution in [3.05, 3.63) is 35.3 Å². The summed E-state index contributed by atoms with van der Waals surface area (Å²) in [7, 11) is -1.76. The predicted molar refractivity (Wildman–Crippen MR) is 110 cm³/mol. The van der Waals surface area contributed by atoms with Crippen LogP contribution >= 0.6 is 11.3 Å². The van der Waals surface area contributed by atoms with E-state index < -0.39 is 10.0 Å². The number of anilines is 2. The van der Waals surface area contributed by atoms with Gasteiger partial charge in [-0.3, -0.25) is 10.1 Å². The number of hydrogen-bond donors (Lipinski definition) is 3. The molecule has 2 aromatic rings.